The van der Waals surface area contributed by atoms with E-state index in [0.29, 0.717) is 11.5 Å². The van der Waals surface area contributed by atoms with Crippen molar-refractivity contribution in [2.45, 2.75) is 83.5 Å². The van der Waals surface area contributed by atoms with Crippen molar-refractivity contribution < 1.29 is 23.8 Å². The molecule has 0 aliphatic heterocycles. The molecule has 188 valence electrons. The number of carboxylic acid groups (broad SMARTS) is 1. The van der Waals surface area contributed by atoms with Gasteiger partial charge in [-0.3, -0.25) is 4.90 Å². The predicted molar refractivity (Wildman–Crippen MR) is 129 cm³/mol. The zero-order chi connectivity index (χ0) is 25.3. The Hall–Kier alpha value is -2.10. The minimum atomic E-state index is -1.20. The van der Waals surface area contributed by atoms with Gasteiger partial charge in [-0.2, -0.15) is 0 Å². The number of rotatable bonds is 10. The molecule has 3 rings (SSSR count). The number of aliphatic hydroxyl groups is 1. The molecule has 0 unspecified atom stereocenters. The maximum atomic E-state index is 13.8. The lowest BCUT2D eigenvalue weighted by Gasteiger charge is -2.42. The number of benzene rings is 1. The topological polar surface area (TPSA) is 85.7 Å². The molecule has 6 nitrogen and oxygen atoms in total. The Morgan fingerprint density at radius 2 is 1.82 bits per heavy atom. The fraction of sp³-hybridized carbons (Fsp3) is 0.600. The van der Waals surface area contributed by atoms with Crippen LogP contribution in [0.5, 0.6) is 0 Å². The average molecular weight is 496 g/mol. The maximum Gasteiger partial charge on any atom is 0.408 e. The summed E-state index contributed by atoms with van der Waals surface area (Å²) in [5, 5.41) is 25.7. The molecule has 0 spiro atoms. The summed E-state index contributed by atoms with van der Waals surface area (Å²) in [4.78, 5) is 19.0. The van der Waals surface area contributed by atoms with Gasteiger partial charge in [0.2, 0.25) is 0 Å². The van der Waals surface area contributed by atoms with Crippen molar-refractivity contribution in [3.8, 4) is 0 Å². The highest BCUT2D eigenvalue weighted by Gasteiger charge is 2.47. The quantitative estimate of drug-likeness (QED) is 0.434. The van der Waals surface area contributed by atoms with E-state index in [1.54, 1.807) is 32.1 Å². The normalized spacial score (nSPS) is 17.0. The molecule has 1 aromatic carbocycles. The number of aromatic nitrogens is 1. The van der Waals surface area contributed by atoms with Crippen LogP contribution < -0.4 is 5.32 Å². The van der Waals surface area contributed by atoms with Gasteiger partial charge in [0.15, 0.2) is 0 Å². The first-order valence-electron chi connectivity index (χ1n) is 11.7. The predicted octanol–water partition coefficient (Wildman–Crippen LogP) is 4.95. The van der Waals surface area contributed by atoms with E-state index in [1.807, 2.05) is 6.20 Å². The van der Waals surface area contributed by atoms with Crippen molar-refractivity contribution in [2.24, 2.45) is 5.92 Å². The Morgan fingerprint density at radius 1 is 1.21 bits per heavy atom. The number of amides is 1. The molecule has 9 heteroatoms. The zero-order valence-electron chi connectivity index (χ0n) is 20.4. The van der Waals surface area contributed by atoms with Gasteiger partial charge in [-0.25, -0.2) is 18.6 Å². The fourth-order valence-corrected chi connectivity index (χ4v) is 5.70. The standard InChI is InChI=1S/C25H35F2N3O3S/c1-15(2)8-22-28-14-21(34-22)25(6-7-25)29-13-20(31)19(30(23(32)33)24(3,4)5)11-16-9-17(26)12-18(27)10-16/h9-10,12,14-15,19-20,29,31H,6-8,11,13H2,1-5H3,(H,32,33)/t19-,20+/m0/s1. The lowest BCUT2D eigenvalue weighted by molar-refractivity contribution is 0.00648. The Morgan fingerprint density at radius 3 is 2.32 bits per heavy atom. The summed E-state index contributed by atoms with van der Waals surface area (Å²) < 4.78 is 27.6. The fourth-order valence-electron chi connectivity index (χ4n) is 4.34. The number of hydrogen-bond donors (Lipinski definition) is 3. The van der Waals surface area contributed by atoms with Gasteiger partial charge in [-0.1, -0.05) is 13.8 Å². The Balaban J connectivity index is 1.80. The van der Waals surface area contributed by atoms with E-state index in [1.165, 1.54) is 17.0 Å². The van der Waals surface area contributed by atoms with E-state index in [4.69, 9.17) is 0 Å². The van der Waals surface area contributed by atoms with Crippen molar-refractivity contribution in [1.82, 2.24) is 15.2 Å². The molecule has 1 amide bonds. The monoisotopic (exact) mass is 495 g/mol. The van der Waals surface area contributed by atoms with E-state index < -0.39 is 35.4 Å². The third-order valence-electron chi connectivity index (χ3n) is 6.08. The van der Waals surface area contributed by atoms with Crippen molar-refractivity contribution in [1.29, 1.82) is 0 Å². The lowest BCUT2D eigenvalue weighted by Crippen LogP contribution is -2.58. The first-order valence-corrected chi connectivity index (χ1v) is 12.5. The van der Waals surface area contributed by atoms with Crippen LogP contribution in [-0.2, 0) is 18.4 Å². The number of thiazole rings is 1. The van der Waals surface area contributed by atoms with Crippen LogP contribution in [0.15, 0.2) is 24.4 Å². The summed E-state index contributed by atoms with van der Waals surface area (Å²) in [5.41, 5.74) is -0.803. The van der Waals surface area contributed by atoms with Crippen molar-refractivity contribution >= 4 is 17.4 Å². The smallest absolute Gasteiger partial charge is 0.408 e. The third kappa shape index (κ3) is 6.52. The SMILES string of the molecule is CC(C)Cc1ncc(C2(NC[C@@H](O)[C@H](Cc3cc(F)cc(F)c3)N(C(=O)O)C(C)(C)C)CC2)s1. The summed E-state index contributed by atoms with van der Waals surface area (Å²) in [5.74, 6) is -0.964. The van der Waals surface area contributed by atoms with Crippen molar-refractivity contribution in [3.05, 3.63) is 51.5 Å². The molecule has 2 aromatic rings. The second kappa shape index (κ2) is 10.3. The number of nitrogens with one attached hydrogen (secondary N) is 1. The molecule has 0 radical (unpaired) electrons. The van der Waals surface area contributed by atoms with Gasteiger partial charge in [-0.05, 0) is 63.6 Å². The summed E-state index contributed by atoms with van der Waals surface area (Å²) in [6, 6.07) is 2.22. The molecule has 1 fully saturated rings. The van der Waals surface area contributed by atoms with Crippen LogP contribution in [0.4, 0.5) is 13.6 Å². The van der Waals surface area contributed by atoms with E-state index in [-0.39, 0.29) is 18.5 Å². The van der Waals surface area contributed by atoms with Gasteiger partial charge in [0.1, 0.15) is 11.6 Å². The molecule has 34 heavy (non-hydrogen) atoms. The zero-order valence-corrected chi connectivity index (χ0v) is 21.3. The van der Waals surface area contributed by atoms with Gasteiger partial charge in [-0.15, -0.1) is 11.3 Å². The van der Waals surface area contributed by atoms with E-state index in [2.05, 4.69) is 24.1 Å². The van der Waals surface area contributed by atoms with Crippen LogP contribution in [0.3, 0.4) is 0 Å². The first kappa shape index (κ1) is 26.5. The summed E-state index contributed by atoms with van der Waals surface area (Å²) >= 11 is 1.67. The number of aliphatic hydroxyl groups excluding tert-OH is 1. The Labute approximate surface area is 204 Å². The molecule has 1 heterocycles. The van der Waals surface area contributed by atoms with Gasteiger partial charge in [0.25, 0.3) is 0 Å². The number of hydrogen-bond acceptors (Lipinski definition) is 5. The molecular formula is C25H35F2N3O3S. The molecule has 3 N–H and O–H groups in total. The van der Waals surface area contributed by atoms with E-state index in [0.717, 1.165) is 35.2 Å². The molecule has 1 aliphatic carbocycles. The molecular weight excluding hydrogens is 460 g/mol. The summed E-state index contributed by atoms with van der Waals surface area (Å²) in [7, 11) is 0. The third-order valence-corrected chi connectivity index (χ3v) is 7.30. The lowest BCUT2D eigenvalue weighted by atomic mass is 9.94. The highest BCUT2D eigenvalue weighted by Crippen LogP contribution is 2.47. The summed E-state index contributed by atoms with van der Waals surface area (Å²) in [6.07, 6.45) is 2.30. The highest BCUT2D eigenvalue weighted by molar-refractivity contribution is 7.11. The van der Waals surface area contributed by atoms with Crippen LogP contribution in [-0.4, -0.2) is 50.4 Å². The molecule has 1 aromatic heterocycles. The van der Waals surface area contributed by atoms with Crippen molar-refractivity contribution in [2.75, 3.05) is 6.54 Å². The minimum absolute atomic E-state index is 0.0206. The number of nitrogens with zero attached hydrogens (tertiary/aromatic N) is 2. The van der Waals surface area contributed by atoms with E-state index >= 15 is 0 Å². The van der Waals surface area contributed by atoms with Gasteiger partial charge in [0, 0.05) is 35.6 Å². The minimum Gasteiger partial charge on any atom is -0.465 e. The average Bonchev–Trinajstić information content (AvgIpc) is 3.33. The second-order valence-electron chi connectivity index (χ2n) is 10.6. The molecule has 1 saturated carbocycles. The van der Waals surface area contributed by atoms with Crippen LogP contribution in [0, 0.1) is 17.6 Å². The van der Waals surface area contributed by atoms with E-state index in [9.17, 15) is 23.8 Å². The summed E-state index contributed by atoms with van der Waals surface area (Å²) in [6.45, 7) is 9.64. The molecule has 1 aliphatic rings. The highest BCUT2D eigenvalue weighted by atomic mass is 32.1. The van der Waals surface area contributed by atoms with Crippen LogP contribution in [0.1, 0.15) is 62.9 Å². The van der Waals surface area contributed by atoms with Crippen LogP contribution >= 0.6 is 11.3 Å². The van der Waals surface area contributed by atoms with Gasteiger partial charge < -0.3 is 15.5 Å². The van der Waals surface area contributed by atoms with Crippen molar-refractivity contribution in [3.63, 3.8) is 0 Å². The largest absolute Gasteiger partial charge is 0.465 e. The van der Waals surface area contributed by atoms with Gasteiger partial charge in [0.05, 0.1) is 22.7 Å². The number of halogens is 2. The Kier molecular flexibility index (Phi) is 7.99. The second-order valence-corrected chi connectivity index (χ2v) is 11.7. The van der Waals surface area contributed by atoms with Crippen LogP contribution in [0.25, 0.3) is 0 Å². The molecule has 0 bridgehead atoms. The Bertz CT molecular complexity index is 981. The van der Waals surface area contributed by atoms with Gasteiger partial charge >= 0.3 is 6.09 Å². The first-order chi connectivity index (χ1) is 15.8. The molecule has 2 atom stereocenters. The van der Waals surface area contributed by atoms with Crippen LogP contribution in [0.2, 0.25) is 0 Å². The maximum absolute atomic E-state index is 13.8. The number of carbonyl (C=O) groups is 1. The molecule has 0 saturated heterocycles.